The van der Waals surface area contributed by atoms with Gasteiger partial charge in [0.25, 0.3) is 0 Å². The summed E-state index contributed by atoms with van der Waals surface area (Å²) < 4.78 is 14.1. The number of benzene rings is 1. The lowest BCUT2D eigenvalue weighted by Crippen LogP contribution is -2.44. The van der Waals surface area contributed by atoms with E-state index in [4.69, 9.17) is 9.15 Å². The minimum atomic E-state index is 0.424. The van der Waals surface area contributed by atoms with E-state index in [2.05, 4.69) is 19.9 Å². The van der Waals surface area contributed by atoms with Gasteiger partial charge in [-0.3, -0.25) is 4.90 Å². The summed E-state index contributed by atoms with van der Waals surface area (Å²) in [5.74, 6) is 1.28. The maximum Gasteiger partial charge on any atom is 0.155 e. The summed E-state index contributed by atoms with van der Waals surface area (Å²) in [6, 6.07) is 14.0. The lowest BCUT2D eigenvalue weighted by Gasteiger charge is -2.36. The maximum atomic E-state index is 9.69. The smallest absolute Gasteiger partial charge is 0.155 e. The number of hydrogen-bond donors (Lipinski definition) is 1. The highest BCUT2D eigenvalue weighted by Crippen LogP contribution is 2.25. The van der Waals surface area contributed by atoms with Gasteiger partial charge in [-0.05, 0) is 88.3 Å². The van der Waals surface area contributed by atoms with Crippen molar-refractivity contribution in [3.8, 4) is 17.2 Å². The molecule has 0 aliphatic carbocycles. The second-order valence-corrected chi connectivity index (χ2v) is 9.53. The van der Waals surface area contributed by atoms with Crippen molar-refractivity contribution in [3.05, 3.63) is 60.3 Å². The van der Waals surface area contributed by atoms with Crippen LogP contribution >= 0.6 is 0 Å². The number of likely N-dealkylation sites (tertiary alicyclic amines) is 2. The van der Waals surface area contributed by atoms with Gasteiger partial charge in [0.15, 0.2) is 5.76 Å². The number of ether oxygens (including phenoxy) is 1. The monoisotopic (exact) mass is 473 g/mol. The Labute approximate surface area is 204 Å². The van der Waals surface area contributed by atoms with Gasteiger partial charge in [0.2, 0.25) is 0 Å². The van der Waals surface area contributed by atoms with Crippen molar-refractivity contribution in [2.45, 2.75) is 31.7 Å². The number of piperidine rings is 1. The van der Waals surface area contributed by atoms with Crippen LogP contribution in [0.15, 0.2) is 64.6 Å². The van der Waals surface area contributed by atoms with Gasteiger partial charge in [0, 0.05) is 30.4 Å². The molecule has 0 amide bonds. The van der Waals surface area contributed by atoms with Crippen LogP contribution in [0, 0.1) is 0 Å². The van der Waals surface area contributed by atoms with Crippen molar-refractivity contribution in [1.82, 2.24) is 19.2 Å². The third kappa shape index (κ3) is 4.63. The van der Waals surface area contributed by atoms with Crippen molar-refractivity contribution in [3.63, 3.8) is 0 Å². The standard InChI is InChI=1S/C27H31N5O3/c33-29-24-18-27(25-16-21-4-3-11-32(21)19-28-25)35-26-6-5-22(17-23(24)26)34-15-14-30-12-7-20(8-13-30)31-9-1-2-10-31/h3-6,11,16-20,33H,1-2,7-10,12-15H2/b29-24-. The quantitative estimate of drug-likeness (QED) is 0.337. The summed E-state index contributed by atoms with van der Waals surface area (Å²) in [4.78, 5) is 9.65. The second kappa shape index (κ2) is 9.71. The zero-order chi connectivity index (χ0) is 23.6. The van der Waals surface area contributed by atoms with Crippen LogP contribution in [0.5, 0.6) is 5.75 Å². The Hall–Kier alpha value is -3.36. The van der Waals surface area contributed by atoms with Crippen LogP contribution in [0.4, 0.5) is 0 Å². The fraction of sp³-hybridized carbons (Fsp3) is 0.407. The molecule has 1 aromatic carbocycles. The third-order valence-electron chi connectivity index (χ3n) is 7.38. The van der Waals surface area contributed by atoms with Crippen LogP contribution in [0.1, 0.15) is 25.7 Å². The molecule has 4 aromatic rings. The van der Waals surface area contributed by atoms with Gasteiger partial charge in [-0.2, -0.15) is 0 Å². The maximum absolute atomic E-state index is 9.69. The summed E-state index contributed by atoms with van der Waals surface area (Å²) in [5.41, 5.74) is 2.30. The van der Waals surface area contributed by atoms with Crippen molar-refractivity contribution in [1.29, 1.82) is 0 Å². The van der Waals surface area contributed by atoms with Gasteiger partial charge in [-0.1, -0.05) is 5.16 Å². The average Bonchev–Trinajstić information content (AvgIpc) is 3.60. The van der Waals surface area contributed by atoms with Crippen molar-refractivity contribution < 1.29 is 14.4 Å². The summed E-state index contributed by atoms with van der Waals surface area (Å²) in [6.45, 7) is 6.39. The first kappa shape index (κ1) is 22.1. The molecule has 3 aromatic heterocycles. The van der Waals surface area contributed by atoms with E-state index in [0.29, 0.717) is 34.4 Å². The SMILES string of the molecule is O/N=c1/cc(-c2cc3cccn3cn2)oc2ccc(OCCN3CCC(N4CCCC4)CC3)cc12. The Kier molecular flexibility index (Phi) is 6.14. The molecule has 182 valence electrons. The van der Waals surface area contributed by atoms with E-state index in [1.54, 1.807) is 12.4 Å². The van der Waals surface area contributed by atoms with Crippen molar-refractivity contribution in [2.24, 2.45) is 5.16 Å². The first-order valence-corrected chi connectivity index (χ1v) is 12.6. The Balaban J connectivity index is 1.12. The van der Waals surface area contributed by atoms with E-state index in [1.807, 2.05) is 47.0 Å². The van der Waals surface area contributed by atoms with Gasteiger partial charge in [-0.15, -0.1) is 0 Å². The Morgan fingerprint density at radius 3 is 2.74 bits per heavy atom. The number of nitrogens with zero attached hydrogens (tertiary/aromatic N) is 5. The third-order valence-corrected chi connectivity index (χ3v) is 7.38. The van der Waals surface area contributed by atoms with Crippen LogP contribution in [0.3, 0.4) is 0 Å². The van der Waals surface area contributed by atoms with Crippen LogP contribution < -0.4 is 10.1 Å². The molecule has 1 N–H and O–H groups in total. The Bertz CT molecular complexity index is 1380. The predicted octanol–water partition coefficient (Wildman–Crippen LogP) is 3.98. The molecule has 0 spiro atoms. The minimum absolute atomic E-state index is 0.424. The summed E-state index contributed by atoms with van der Waals surface area (Å²) >= 11 is 0. The molecule has 8 heteroatoms. The fourth-order valence-electron chi connectivity index (χ4n) is 5.43. The van der Waals surface area contributed by atoms with E-state index >= 15 is 0 Å². The normalized spacial score (nSPS) is 18.7. The van der Waals surface area contributed by atoms with Gasteiger partial charge in [0.1, 0.15) is 29.0 Å². The molecular weight excluding hydrogens is 442 g/mol. The zero-order valence-corrected chi connectivity index (χ0v) is 19.8. The second-order valence-electron chi connectivity index (χ2n) is 9.53. The van der Waals surface area contributed by atoms with Crippen molar-refractivity contribution in [2.75, 3.05) is 39.3 Å². The molecule has 35 heavy (non-hydrogen) atoms. The summed E-state index contributed by atoms with van der Waals surface area (Å²) in [6.07, 6.45) is 8.92. The number of fused-ring (bicyclic) bond motifs is 2. The molecule has 2 aliphatic rings. The van der Waals surface area contributed by atoms with Crippen LogP contribution in [0.2, 0.25) is 0 Å². The molecule has 0 saturated carbocycles. The van der Waals surface area contributed by atoms with Gasteiger partial charge >= 0.3 is 0 Å². The molecule has 6 rings (SSSR count). The van der Waals surface area contributed by atoms with E-state index in [9.17, 15) is 5.21 Å². The number of aromatic nitrogens is 2. The summed E-state index contributed by atoms with van der Waals surface area (Å²) in [7, 11) is 0. The largest absolute Gasteiger partial charge is 0.492 e. The van der Waals surface area contributed by atoms with Crippen LogP contribution in [-0.2, 0) is 0 Å². The molecule has 5 heterocycles. The highest BCUT2D eigenvalue weighted by molar-refractivity contribution is 5.80. The topological polar surface area (TPSA) is 78.7 Å². The average molecular weight is 474 g/mol. The first-order valence-electron chi connectivity index (χ1n) is 12.6. The lowest BCUT2D eigenvalue weighted by atomic mass is 10.0. The highest BCUT2D eigenvalue weighted by Gasteiger charge is 2.26. The molecule has 0 unspecified atom stereocenters. The van der Waals surface area contributed by atoms with E-state index in [-0.39, 0.29) is 0 Å². The molecule has 0 bridgehead atoms. The fourth-order valence-corrected chi connectivity index (χ4v) is 5.43. The highest BCUT2D eigenvalue weighted by atomic mass is 16.5. The van der Waals surface area contributed by atoms with Crippen LogP contribution in [-0.4, -0.2) is 69.8 Å². The minimum Gasteiger partial charge on any atom is -0.492 e. The van der Waals surface area contributed by atoms with Crippen LogP contribution in [0.25, 0.3) is 27.9 Å². The Morgan fingerprint density at radius 2 is 1.91 bits per heavy atom. The molecule has 0 radical (unpaired) electrons. The van der Waals surface area contributed by atoms with Gasteiger partial charge in [0.05, 0.1) is 11.7 Å². The number of rotatable bonds is 6. The lowest BCUT2D eigenvalue weighted by molar-refractivity contribution is 0.114. The first-order chi connectivity index (χ1) is 17.3. The van der Waals surface area contributed by atoms with Gasteiger partial charge < -0.3 is 23.7 Å². The number of hydrogen-bond acceptors (Lipinski definition) is 7. The van der Waals surface area contributed by atoms with E-state index < -0.39 is 0 Å². The van der Waals surface area contributed by atoms with Gasteiger partial charge in [-0.25, -0.2) is 4.98 Å². The molecular formula is C27H31N5O3. The van der Waals surface area contributed by atoms with E-state index in [0.717, 1.165) is 36.9 Å². The molecule has 2 aliphatic heterocycles. The summed E-state index contributed by atoms with van der Waals surface area (Å²) in [5, 5.41) is 14.3. The Morgan fingerprint density at radius 1 is 1.06 bits per heavy atom. The zero-order valence-electron chi connectivity index (χ0n) is 19.8. The predicted molar refractivity (Wildman–Crippen MR) is 134 cm³/mol. The van der Waals surface area contributed by atoms with E-state index in [1.165, 1.54) is 38.8 Å². The molecule has 8 nitrogen and oxygen atoms in total. The molecule has 2 fully saturated rings. The molecule has 0 atom stereocenters. The molecule has 2 saturated heterocycles. The van der Waals surface area contributed by atoms with Crippen molar-refractivity contribution >= 4 is 16.5 Å².